The first kappa shape index (κ1) is 19.1. The van der Waals surface area contributed by atoms with Crippen LogP contribution < -0.4 is 5.73 Å². The molecule has 144 valence electrons. The van der Waals surface area contributed by atoms with Crippen molar-refractivity contribution in [2.45, 2.75) is 25.1 Å². The Hall–Kier alpha value is -1.64. The lowest BCUT2D eigenvalue weighted by molar-refractivity contribution is -0.155. The molecule has 1 unspecified atom stereocenters. The number of alkyl halides is 3. The fourth-order valence-electron chi connectivity index (χ4n) is 3.55. The van der Waals surface area contributed by atoms with Crippen molar-refractivity contribution < 1.29 is 27.4 Å². The van der Waals surface area contributed by atoms with Gasteiger partial charge in [-0.1, -0.05) is 12.1 Å². The monoisotopic (exact) mass is 372 g/mol. The van der Waals surface area contributed by atoms with Gasteiger partial charge in [0.25, 0.3) is 0 Å². The van der Waals surface area contributed by atoms with Crippen molar-refractivity contribution in [2.24, 2.45) is 11.1 Å². The van der Waals surface area contributed by atoms with E-state index < -0.39 is 23.3 Å². The topological polar surface area (TPSA) is 64.8 Å². The Balaban J connectivity index is 1.76. The molecule has 2 aliphatic heterocycles. The number of ether oxygens (including phenoxy) is 2. The van der Waals surface area contributed by atoms with Gasteiger partial charge < -0.3 is 20.1 Å². The number of nitrogens with two attached hydrogens (primary N) is 1. The Morgan fingerprint density at radius 2 is 2.00 bits per heavy atom. The van der Waals surface area contributed by atoms with E-state index in [1.54, 1.807) is 11.0 Å². The summed E-state index contributed by atoms with van der Waals surface area (Å²) in [6.07, 6.45) is -3.86. The molecule has 5 nitrogen and oxygen atoms in total. The summed E-state index contributed by atoms with van der Waals surface area (Å²) in [5, 5.41) is 0. The minimum absolute atomic E-state index is 0.0522. The minimum Gasteiger partial charge on any atom is -0.381 e. The number of amides is 1. The van der Waals surface area contributed by atoms with Gasteiger partial charge in [-0.15, -0.1) is 0 Å². The van der Waals surface area contributed by atoms with Crippen LogP contribution >= 0.6 is 0 Å². The summed E-state index contributed by atoms with van der Waals surface area (Å²) in [5.41, 5.74) is 4.96. The Bertz CT molecular complexity index is 645. The van der Waals surface area contributed by atoms with Crippen molar-refractivity contribution in [2.75, 3.05) is 39.5 Å². The number of nitrogens with zero attached hydrogens (tertiary/aromatic N) is 1. The van der Waals surface area contributed by atoms with Gasteiger partial charge in [0, 0.05) is 26.3 Å². The molecule has 1 aromatic carbocycles. The van der Waals surface area contributed by atoms with Crippen molar-refractivity contribution >= 4 is 5.91 Å². The van der Waals surface area contributed by atoms with Gasteiger partial charge in [0.2, 0.25) is 5.91 Å². The van der Waals surface area contributed by atoms with Crippen LogP contribution in [0.15, 0.2) is 24.3 Å². The SMILES string of the molecule is NCC1(C(=O)N2CCOC(c3cccc(C(F)(F)F)c3)C2)CCOCC1. The molecule has 2 saturated heterocycles. The highest BCUT2D eigenvalue weighted by Gasteiger charge is 2.43. The normalized spacial score (nSPS) is 23.7. The Morgan fingerprint density at radius 3 is 2.65 bits per heavy atom. The molecule has 2 fully saturated rings. The zero-order valence-electron chi connectivity index (χ0n) is 14.4. The molecular weight excluding hydrogens is 349 g/mol. The lowest BCUT2D eigenvalue weighted by Gasteiger charge is -2.42. The molecule has 2 N–H and O–H groups in total. The van der Waals surface area contributed by atoms with Gasteiger partial charge in [-0.05, 0) is 30.5 Å². The molecule has 0 saturated carbocycles. The molecule has 1 aromatic rings. The number of carbonyl (C=O) groups is 1. The van der Waals surface area contributed by atoms with E-state index in [0.717, 1.165) is 12.1 Å². The molecule has 26 heavy (non-hydrogen) atoms. The average Bonchev–Trinajstić information content (AvgIpc) is 2.67. The van der Waals surface area contributed by atoms with Crippen molar-refractivity contribution in [3.8, 4) is 0 Å². The molecule has 2 aliphatic rings. The second-order valence-electron chi connectivity index (χ2n) is 6.83. The van der Waals surface area contributed by atoms with Crippen molar-refractivity contribution in [3.63, 3.8) is 0 Å². The largest absolute Gasteiger partial charge is 0.416 e. The molecule has 1 atom stereocenters. The van der Waals surface area contributed by atoms with Crippen LogP contribution in [0.1, 0.15) is 30.1 Å². The van der Waals surface area contributed by atoms with Crippen LogP contribution in [0.5, 0.6) is 0 Å². The van der Waals surface area contributed by atoms with Gasteiger partial charge >= 0.3 is 6.18 Å². The van der Waals surface area contributed by atoms with Crippen molar-refractivity contribution in [3.05, 3.63) is 35.4 Å². The molecule has 0 radical (unpaired) electrons. The summed E-state index contributed by atoms with van der Waals surface area (Å²) in [6, 6.07) is 5.08. The number of carbonyl (C=O) groups excluding carboxylic acids is 1. The number of rotatable bonds is 3. The lowest BCUT2D eigenvalue weighted by Crippen LogP contribution is -2.54. The fourth-order valence-corrected chi connectivity index (χ4v) is 3.55. The Labute approximate surface area is 150 Å². The number of morpholine rings is 1. The third kappa shape index (κ3) is 3.87. The highest BCUT2D eigenvalue weighted by atomic mass is 19.4. The summed E-state index contributed by atoms with van der Waals surface area (Å²) in [4.78, 5) is 14.7. The molecule has 0 aliphatic carbocycles. The van der Waals surface area contributed by atoms with Crippen molar-refractivity contribution in [1.82, 2.24) is 4.90 Å². The van der Waals surface area contributed by atoms with Crippen LogP contribution in [0.2, 0.25) is 0 Å². The van der Waals surface area contributed by atoms with E-state index in [4.69, 9.17) is 15.2 Å². The molecule has 3 rings (SSSR count). The highest BCUT2D eigenvalue weighted by Crippen LogP contribution is 2.35. The van der Waals surface area contributed by atoms with Gasteiger partial charge in [-0.25, -0.2) is 0 Å². The minimum atomic E-state index is -4.41. The van der Waals surface area contributed by atoms with E-state index in [1.807, 2.05) is 0 Å². The van der Waals surface area contributed by atoms with Crippen LogP contribution in [0.25, 0.3) is 0 Å². The quantitative estimate of drug-likeness (QED) is 0.885. The van der Waals surface area contributed by atoms with Gasteiger partial charge in [0.15, 0.2) is 0 Å². The van der Waals surface area contributed by atoms with Crippen LogP contribution in [0.3, 0.4) is 0 Å². The zero-order chi connectivity index (χ0) is 18.8. The predicted octanol–water partition coefficient (Wildman–Crippen LogP) is 2.36. The lowest BCUT2D eigenvalue weighted by atomic mass is 9.78. The highest BCUT2D eigenvalue weighted by molar-refractivity contribution is 5.83. The average molecular weight is 372 g/mol. The molecule has 1 amide bonds. The number of halogens is 3. The van der Waals surface area contributed by atoms with Gasteiger partial charge in [0.05, 0.1) is 24.1 Å². The number of benzene rings is 1. The first-order valence-electron chi connectivity index (χ1n) is 8.72. The maximum Gasteiger partial charge on any atom is 0.416 e. The molecular formula is C18H23F3N2O3. The van der Waals surface area contributed by atoms with Crippen LogP contribution in [-0.4, -0.2) is 50.3 Å². The third-order valence-electron chi connectivity index (χ3n) is 5.23. The second-order valence-corrected chi connectivity index (χ2v) is 6.83. The van der Waals surface area contributed by atoms with Crippen LogP contribution in [0, 0.1) is 5.41 Å². The predicted molar refractivity (Wildman–Crippen MR) is 88.3 cm³/mol. The van der Waals surface area contributed by atoms with E-state index in [-0.39, 0.29) is 25.6 Å². The summed E-state index contributed by atoms with van der Waals surface area (Å²) < 4.78 is 49.8. The number of hydrogen-bond donors (Lipinski definition) is 1. The van der Waals surface area contributed by atoms with Gasteiger partial charge in [-0.2, -0.15) is 13.2 Å². The van der Waals surface area contributed by atoms with E-state index in [1.165, 1.54) is 6.07 Å². The van der Waals surface area contributed by atoms with E-state index in [9.17, 15) is 18.0 Å². The summed E-state index contributed by atoms with van der Waals surface area (Å²) >= 11 is 0. The Kier molecular flexibility index (Phi) is 5.55. The molecule has 8 heteroatoms. The van der Waals surface area contributed by atoms with E-state index >= 15 is 0 Å². The zero-order valence-corrected chi connectivity index (χ0v) is 14.4. The smallest absolute Gasteiger partial charge is 0.381 e. The third-order valence-corrected chi connectivity index (χ3v) is 5.23. The van der Waals surface area contributed by atoms with Crippen LogP contribution in [-0.2, 0) is 20.4 Å². The summed E-state index contributed by atoms with van der Waals surface area (Å²) in [6.45, 7) is 2.14. The maximum atomic E-state index is 13.1. The molecule has 0 bridgehead atoms. The molecule has 0 spiro atoms. The summed E-state index contributed by atoms with van der Waals surface area (Å²) in [5.74, 6) is -0.0522. The first-order chi connectivity index (χ1) is 12.4. The van der Waals surface area contributed by atoms with Crippen LogP contribution in [0.4, 0.5) is 13.2 Å². The fraction of sp³-hybridized carbons (Fsp3) is 0.611. The van der Waals surface area contributed by atoms with E-state index in [0.29, 0.717) is 38.2 Å². The Morgan fingerprint density at radius 1 is 1.27 bits per heavy atom. The number of hydrogen-bond acceptors (Lipinski definition) is 4. The molecule has 2 heterocycles. The van der Waals surface area contributed by atoms with Crippen molar-refractivity contribution in [1.29, 1.82) is 0 Å². The second kappa shape index (κ2) is 7.54. The standard InChI is InChI=1S/C18H23F3N2O3/c19-18(20,21)14-3-1-2-13(10-14)15-11-23(6-9-26-15)16(24)17(12-22)4-7-25-8-5-17/h1-3,10,15H,4-9,11-12,22H2. The van der Waals surface area contributed by atoms with Gasteiger partial charge in [0.1, 0.15) is 6.10 Å². The van der Waals surface area contributed by atoms with E-state index in [2.05, 4.69) is 0 Å². The maximum absolute atomic E-state index is 13.1. The van der Waals surface area contributed by atoms with Gasteiger partial charge in [-0.3, -0.25) is 4.79 Å². The summed E-state index contributed by atoms with van der Waals surface area (Å²) in [7, 11) is 0. The first-order valence-corrected chi connectivity index (χ1v) is 8.72. The molecule has 0 aromatic heterocycles.